The van der Waals surface area contributed by atoms with Crippen molar-refractivity contribution in [3.8, 4) is 5.75 Å². The summed E-state index contributed by atoms with van der Waals surface area (Å²) >= 11 is 6.11. The minimum absolute atomic E-state index is 0.0706. The monoisotopic (exact) mass is 315 g/mol. The summed E-state index contributed by atoms with van der Waals surface area (Å²) in [6, 6.07) is 13.5. The van der Waals surface area contributed by atoms with Gasteiger partial charge in [0.15, 0.2) is 5.78 Å². The van der Waals surface area contributed by atoms with Gasteiger partial charge in [0.2, 0.25) is 0 Å². The highest BCUT2D eigenvalue weighted by atomic mass is 35.5. The molecule has 114 valence electrons. The Morgan fingerprint density at radius 1 is 1.27 bits per heavy atom. The van der Waals surface area contributed by atoms with Crippen LogP contribution in [0.2, 0.25) is 5.02 Å². The highest BCUT2D eigenvalue weighted by Crippen LogP contribution is 2.28. The van der Waals surface area contributed by atoms with Gasteiger partial charge in [-0.1, -0.05) is 29.8 Å². The van der Waals surface area contributed by atoms with E-state index in [2.05, 4.69) is 17.0 Å². The number of anilines is 1. The minimum atomic E-state index is 0.0706. The first-order chi connectivity index (χ1) is 10.7. The highest BCUT2D eigenvalue weighted by molar-refractivity contribution is 6.32. The zero-order valence-electron chi connectivity index (χ0n) is 12.5. The molecule has 0 unspecified atom stereocenters. The molecule has 0 bridgehead atoms. The first-order valence-electron chi connectivity index (χ1n) is 7.38. The summed E-state index contributed by atoms with van der Waals surface area (Å²) in [6.07, 6.45) is 2.16. The molecule has 0 saturated heterocycles. The van der Waals surface area contributed by atoms with E-state index in [1.54, 1.807) is 25.3 Å². The van der Waals surface area contributed by atoms with Crippen molar-refractivity contribution in [2.24, 2.45) is 0 Å². The molecule has 1 aliphatic heterocycles. The van der Waals surface area contributed by atoms with Crippen LogP contribution in [0, 0.1) is 0 Å². The first kappa shape index (κ1) is 14.9. The third-order valence-corrected chi connectivity index (χ3v) is 4.31. The standard InChI is InChI=1S/C18H18ClNO2/c1-22-18-9-8-14(11-15(18)19)17(21)12-20-10-4-6-13-5-2-3-7-16(13)20/h2-3,5,7-9,11H,4,6,10,12H2,1H3. The van der Waals surface area contributed by atoms with Crippen LogP contribution in [0.3, 0.4) is 0 Å². The number of methoxy groups -OCH3 is 1. The lowest BCUT2D eigenvalue weighted by atomic mass is 10.0. The SMILES string of the molecule is COc1ccc(C(=O)CN2CCCc3ccccc32)cc1Cl. The van der Waals surface area contributed by atoms with Gasteiger partial charge < -0.3 is 9.64 Å². The summed E-state index contributed by atoms with van der Waals surface area (Å²) in [5.74, 6) is 0.655. The molecule has 3 rings (SSSR count). The van der Waals surface area contributed by atoms with Crippen LogP contribution in [0.25, 0.3) is 0 Å². The quantitative estimate of drug-likeness (QED) is 0.799. The molecule has 0 amide bonds. The molecule has 0 atom stereocenters. The normalized spacial score (nSPS) is 13.6. The number of carbonyl (C=O) groups excluding carboxylic acids is 1. The third kappa shape index (κ3) is 2.95. The van der Waals surface area contributed by atoms with Crippen LogP contribution in [-0.4, -0.2) is 26.0 Å². The van der Waals surface area contributed by atoms with E-state index in [0.29, 0.717) is 22.9 Å². The number of nitrogens with zero attached hydrogens (tertiary/aromatic N) is 1. The van der Waals surface area contributed by atoms with E-state index in [-0.39, 0.29) is 5.78 Å². The molecular formula is C18H18ClNO2. The van der Waals surface area contributed by atoms with E-state index in [1.807, 2.05) is 12.1 Å². The molecule has 1 aliphatic rings. The smallest absolute Gasteiger partial charge is 0.182 e. The maximum Gasteiger partial charge on any atom is 0.182 e. The lowest BCUT2D eigenvalue weighted by Gasteiger charge is -2.30. The molecule has 22 heavy (non-hydrogen) atoms. The van der Waals surface area contributed by atoms with E-state index >= 15 is 0 Å². The fourth-order valence-electron chi connectivity index (χ4n) is 2.88. The molecule has 0 N–H and O–H groups in total. The van der Waals surface area contributed by atoms with Crippen LogP contribution in [0.1, 0.15) is 22.3 Å². The summed E-state index contributed by atoms with van der Waals surface area (Å²) in [7, 11) is 1.56. The van der Waals surface area contributed by atoms with Gasteiger partial charge in [-0.05, 0) is 42.7 Å². The van der Waals surface area contributed by atoms with E-state index in [0.717, 1.165) is 19.4 Å². The Morgan fingerprint density at radius 2 is 2.09 bits per heavy atom. The van der Waals surface area contributed by atoms with Crippen molar-refractivity contribution >= 4 is 23.1 Å². The van der Waals surface area contributed by atoms with Gasteiger partial charge in [-0.25, -0.2) is 0 Å². The summed E-state index contributed by atoms with van der Waals surface area (Å²) in [5, 5.41) is 0.465. The van der Waals surface area contributed by atoms with E-state index < -0.39 is 0 Å². The number of aryl methyl sites for hydroxylation is 1. The number of rotatable bonds is 4. The lowest BCUT2D eigenvalue weighted by Crippen LogP contribution is -2.34. The Hall–Kier alpha value is -2.00. The fraction of sp³-hybridized carbons (Fsp3) is 0.278. The largest absolute Gasteiger partial charge is 0.495 e. The van der Waals surface area contributed by atoms with Crippen molar-refractivity contribution in [2.75, 3.05) is 25.1 Å². The van der Waals surface area contributed by atoms with Crippen molar-refractivity contribution in [1.82, 2.24) is 0 Å². The summed E-state index contributed by atoms with van der Waals surface area (Å²) in [4.78, 5) is 14.7. The van der Waals surface area contributed by atoms with Crippen molar-refractivity contribution in [2.45, 2.75) is 12.8 Å². The molecule has 0 radical (unpaired) electrons. The van der Waals surface area contributed by atoms with Crippen molar-refractivity contribution < 1.29 is 9.53 Å². The summed E-state index contributed by atoms with van der Waals surface area (Å²) < 4.78 is 5.12. The van der Waals surface area contributed by atoms with E-state index in [4.69, 9.17) is 16.3 Å². The number of hydrogen-bond donors (Lipinski definition) is 0. The second-order valence-electron chi connectivity index (χ2n) is 5.43. The lowest BCUT2D eigenvalue weighted by molar-refractivity contribution is 0.0998. The highest BCUT2D eigenvalue weighted by Gasteiger charge is 2.19. The Labute approximate surface area is 135 Å². The average Bonchev–Trinajstić information content (AvgIpc) is 2.55. The number of Topliss-reactive ketones (excluding diaryl/α,β-unsaturated/α-hetero) is 1. The summed E-state index contributed by atoms with van der Waals surface area (Å²) in [5.41, 5.74) is 3.10. The molecule has 0 aromatic heterocycles. The first-order valence-corrected chi connectivity index (χ1v) is 7.76. The van der Waals surface area contributed by atoms with Crippen molar-refractivity contribution in [3.05, 3.63) is 58.6 Å². The Bertz CT molecular complexity index is 699. The number of carbonyl (C=O) groups is 1. The van der Waals surface area contributed by atoms with Gasteiger partial charge in [-0.3, -0.25) is 4.79 Å². The Balaban J connectivity index is 1.79. The van der Waals surface area contributed by atoms with Crippen LogP contribution in [0.4, 0.5) is 5.69 Å². The van der Waals surface area contributed by atoms with Gasteiger partial charge in [0, 0.05) is 17.8 Å². The fourth-order valence-corrected chi connectivity index (χ4v) is 3.14. The topological polar surface area (TPSA) is 29.5 Å². The molecular weight excluding hydrogens is 298 g/mol. The second kappa shape index (κ2) is 6.41. The van der Waals surface area contributed by atoms with Crippen LogP contribution in [0.5, 0.6) is 5.75 Å². The number of ketones is 1. The van der Waals surface area contributed by atoms with Gasteiger partial charge in [-0.15, -0.1) is 0 Å². The predicted octanol–water partition coefficient (Wildman–Crippen LogP) is 3.98. The van der Waals surface area contributed by atoms with Crippen LogP contribution in [0.15, 0.2) is 42.5 Å². The van der Waals surface area contributed by atoms with Crippen molar-refractivity contribution in [3.63, 3.8) is 0 Å². The van der Waals surface area contributed by atoms with Crippen LogP contribution < -0.4 is 9.64 Å². The predicted molar refractivity (Wildman–Crippen MR) is 89.3 cm³/mol. The van der Waals surface area contributed by atoms with Gasteiger partial charge in [-0.2, -0.15) is 0 Å². The summed E-state index contributed by atoms with van der Waals surface area (Å²) in [6.45, 7) is 1.28. The van der Waals surface area contributed by atoms with Gasteiger partial charge in [0.1, 0.15) is 5.75 Å². The molecule has 1 heterocycles. The number of halogens is 1. The number of hydrogen-bond acceptors (Lipinski definition) is 3. The van der Waals surface area contributed by atoms with Gasteiger partial charge in [0.05, 0.1) is 18.7 Å². The molecule has 3 nitrogen and oxygen atoms in total. The zero-order chi connectivity index (χ0) is 15.5. The molecule has 2 aromatic rings. The number of benzene rings is 2. The number of ether oxygens (including phenoxy) is 1. The van der Waals surface area contributed by atoms with Gasteiger partial charge in [0.25, 0.3) is 0 Å². The van der Waals surface area contributed by atoms with Crippen molar-refractivity contribution in [1.29, 1.82) is 0 Å². The molecule has 4 heteroatoms. The maximum absolute atomic E-state index is 12.5. The van der Waals surface area contributed by atoms with E-state index in [9.17, 15) is 4.79 Å². The molecule has 0 fully saturated rings. The average molecular weight is 316 g/mol. The molecule has 0 saturated carbocycles. The Kier molecular flexibility index (Phi) is 4.34. The van der Waals surface area contributed by atoms with Crippen LogP contribution >= 0.6 is 11.6 Å². The van der Waals surface area contributed by atoms with Crippen LogP contribution in [-0.2, 0) is 6.42 Å². The maximum atomic E-state index is 12.5. The molecule has 2 aromatic carbocycles. The second-order valence-corrected chi connectivity index (χ2v) is 5.83. The molecule has 0 spiro atoms. The van der Waals surface area contributed by atoms with E-state index in [1.165, 1.54) is 11.3 Å². The zero-order valence-corrected chi connectivity index (χ0v) is 13.3. The van der Waals surface area contributed by atoms with Gasteiger partial charge >= 0.3 is 0 Å². The number of para-hydroxylation sites is 1. The third-order valence-electron chi connectivity index (χ3n) is 4.01. The Morgan fingerprint density at radius 3 is 2.86 bits per heavy atom. The number of fused-ring (bicyclic) bond motifs is 1. The minimum Gasteiger partial charge on any atom is -0.495 e. The molecule has 0 aliphatic carbocycles.